The lowest BCUT2D eigenvalue weighted by atomic mass is 10.0. The molecule has 4 nitrogen and oxygen atoms in total. The SMILES string of the molecule is COCC(Nc1ccc(NC(C)=O)c(C)c1)C(C)C. The van der Waals surface area contributed by atoms with Gasteiger partial charge in [-0.1, -0.05) is 13.8 Å². The van der Waals surface area contributed by atoms with Crippen LogP contribution in [0.2, 0.25) is 0 Å². The number of rotatable bonds is 6. The summed E-state index contributed by atoms with van der Waals surface area (Å²) in [6, 6.07) is 6.21. The lowest BCUT2D eigenvalue weighted by Gasteiger charge is -2.23. The Morgan fingerprint density at radius 2 is 2.05 bits per heavy atom. The van der Waals surface area contributed by atoms with Gasteiger partial charge >= 0.3 is 0 Å². The fourth-order valence-corrected chi connectivity index (χ4v) is 1.88. The highest BCUT2D eigenvalue weighted by Gasteiger charge is 2.13. The summed E-state index contributed by atoms with van der Waals surface area (Å²) in [5.41, 5.74) is 2.94. The van der Waals surface area contributed by atoms with Crippen LogP contribution >= 0.6 is 0 Å². The minimum absolute atomic E-state index is 0.0525. The number of carbonyl (C=O) groups is 1. The molecule has 4 heteroatoms. The van der Waals surface area contributed by atoms with Crippen LogP contribution in [0.3, 0.4) is 0 Å². The summed E-state index contributed by atoms with van der Waals surface area (Å²) in [7, 11) is 1.71. The maximum absolute atomic E-state index is 11.1. The van der Waals surface area contributed by atoms with E-state index in [-0.39, 0.29) is 11.9 Å². The van der Waals surface area contributed by atoms with Gasteiger partial charge in [0.05, 0.1) is 12.6 Å². The molecule has 0 fully saturated rings. The third-order valence-electron chi connectivity index (χ3n) is 3.04. The highest BCUT2D eigenvalue weighted by atomic mass is 16.5. The van der Waals surface area contributed by atoms with E-state index in [2.05, 4.69) is 24.5 Å². The van der Waals surface area contributed by atoms with E-state index in [0.717, 1.165) is 16.9 Å². The number of methoxy groups -OCH3 is 1. The molecule has 0 saturated heterocycles. The molecule has 0 spiro atoms. The lowest BCUT2D eigenvalue weighted by molar-refractivity contribution is -0.114. The Labute approximate surface area is 115 Å². The maximum atomic E-state index is 11.1. The Hall–Kier alpha value is -1.55. The van der Waals surface area contributed by atoms with Crippen molar-refractivity contribution in [2.75, 3.05) is 24.4 Å². The molecule has 19 heavy (non-hydrogen) atoms. The summed E-state index contributed by atoms with van der Waals surface area (Å²) < 4.78 is 5.22. The van der Waals surface area contributed by atoms with Gasteiger partial charge in [-0.05, 0) is 36.6 Å². The monoisotopic (exact) mass is 264 g/mol. The van der Waals surface area contributed by atoms with Gasteiger partial charge in [-0.15, -0.1) is 0 Å². The zero-order valence-electron chi connectivity index (χ0n) is 12.4. The van der Waals surface area contributed by atoms with Gasteiger partial charge in [0.1, 0.15) is 0 Å². The summed E-state index contributed by atoms with van der Waals surface area (Å²) in [5.74, 6) is 0.429. The standard InChI is InChI=1S/C15H24N2O2/c1-10(2)15(9-19-5)17-13-6-7-14(11(3)8-13)16-12(4)18/h6-8,10,15,17H,9H2,1-5H3,(H,16,18). The predicted molar refractivity (Wildman–Crippen MR) is 79.6 cm³/mol. The molecule has 0 aliphatic carbocycles. The number of amides is 1. The van der Waals surface area contributed by atoms with Crippen molar-refractivity contribution in [3.05, 3.63) is 23.8 Å². The van der Waals surface area contributed by atoms with Crippen LogP contribution in [0.5, 0.6) is 0 Å². The van der Waals surface area contributed by atoms with Crippen molar-refractivity contribution in [2.24, 2.45) is 5.92 Å². The van der Waals surface area contributed by atoms with Crippen LogP contribution in [0.25, 0.3) is 0 Å². The number of carbonyl (C=O) groups excluding carboxylic acids is 1. The zero-order chi connectivity index (χ0) is 14.4. The molecule has 1 amide bonds. The summed E-state index contributed by atoms with van der Waals surface area (Å²) >= 11 is 0. The average Bonchev–Trinajstić information content (AvgIpc) is 2.31. The van der Waals surface area contributed by atoms with Gasteiger partial charge < -0.3 is 15.4 Å². The van der Waals surface area contributed by atoms with Gasteiger partial charge in [-0.2, -0.15) is 0 Å². The van der Waals surface area contributed by atoms with Crippen LogP contribution < -0.4 is 10.6 Å². The third kappa shape index (κ3) is 4.91. The number of anilines is 2. The average molecular weight is 264 g/mol. The number of hydrogen-bond acceptors (Lipinski definition) is 3. The Morgan fingerprint density at radius 1 is 1.37 bits per heavy atom. The first kappa shape index (κ1) is 15.5. The quantitative estimate of drug-likeness (QED) is 0.830. The normalized spacial score (nSPS) is 12.3. The molecule has 1 unspecified atom stereocenters. The van der Waals surface area contributed by atoms with Crippen LogP contribution in [0.4, 0.5) is 11.4 Å². The zero-order valence-corrected chi connectivity index (χ0v) is 12.4. The van der Waals surface area contributed by atoms with Crippen molar-refractivity contribution in [3.63, 3.8) is 0 Å². The van der Waals surface area contributed by atoms with E-state index in [1.165, 1.54) is 6.92 Å². The van der Waals surface area contributed by atoms with Crippen molar-refractivity contribution in [1.29, 1.82) is 0 Å². The van der Waals surface area contributed by atoms with Crippen LogP contribution in [0.1, 0.15) is 26.3 Å². The molecule has 1 rings (SSSR count). The second-order valence-electron chi connectivity index (χ2n) is 5.16. The summed E-state index contributed by atoms with van der Waals surface area (Å²) in [6.45, 7) is 8.49. The van der Waals surface area contributed by atoms with E-state index in [4.69, 9.17) is 4.74 Å². The van der Waals surface area contributed by atoms with Gasteiger partial charge in [0, 0.05) is 25.4 Å². The largest absolute Gasteiger partial charge is 0.383 e. The molecule has 0 bridgehead atoms. The Kier molecular flexibility index (Phi) is 5.83. The van der Waals surface area contributed by atoms with E-state index in [1.807, 2.05) is 25.1 Å². The van der Waals surface area contributed by atoms with E-state index < -0.39 is 0 Å². The maximum Gasteiger partial charge on any atom is 0.221 e. The van der Waals surface area contributed by atoms with Gasteiger partial charge in [0.15, 0.2) is 0 Å². The molecule has 1 atom stereocenters. The second-order valence-corrected chi connectivity index (χ2v) is 5.16. The smallest absolute Gasteiger partial charge is 0.221 e. The molecule has 106 valence electrons. The first-order valence-electron chi connectivity index (χ1n) is 6.57. The van der Waals surface area contributed by atoms with Gasteiger partial charge in [0.25, 0.3) is 0 Å². The van der Waals surface area contributed by atoms with Crippen LogP contribution in [0.15, 0.2) is 18.2 Å². The third-order valence-corrected chi connectivity index (χ3v) is 3.04. The van der Waals surface area contributed by atoms with Crippen molar-refractivity contribution < 1.29 is 9.53 Å². The van der Waals surface area contributed by atoms with E-state index in [9.17, 15) is 4.79 Å². The van der Waals surface area contributed by atoms with E-state index in [0.29, 0.717) is 12.5 Å². The van der Waals surface area contributed by atoms with Crippen LogP contribution in [-0.4, -0.2) is 25.7 Å². The highest BCUT2D eigenvalue weighted by molar-refractivity contribution is 5.89. The van der Waals surface area contributed by atoms with Crippen molar-refractivity contribution in [1.82, 2.24) is 0 Å². The Bertz CT molecular complexity index is 430. The molecule has 0 aliphatic heterocycles. The minimum Gasteiger partial charge on any atom is -0.383 e. The number of ether oxygens (including phenoxy) is 1. The molecule has 1 aromatic carbocycles. The van der Waals surface area contributed by atoms with Crippen LogP contribution in [0, 0.1) is 12.8 Å². The van der Waals surface area contributed by atoms with Gasteiger partial charge in [0.2, 0.25) is 5.91 Å². The fraction of sp³-hybridized carbons (Fsp3) is 0.533. The molecule has 0 aromatic heterocycles. The van der Waals surface area contributed by atoms with Crippen molar-refractivity contribution in [3.8, 4) is 0 Å². The molecule has 1 aromatic rings. The Morgan fingerprint density at radius 3 is 2.53 bits per heavy atom. The van der Waals surface area contributed by atoms with E-state index in [1.54, 1.807) is 7.11 Å². The molecular weight excluding hydrogens is 240 g/mol. The predicted octanol–water partition coefficient (Wildman–Crippen LogP) is 3.04. The Balaban J connectivity index is 2.79. The first-order chi connectivity index (χ1) is 8.93. The van der Waals surface area contributed by atoms with E-state index >= 15 is 0 Å². The first-order valence-corrected chi connectivity index (χ1v) is 6.57. The number of hydrogen-bond donors (Lipinski definition) is 2. The number of nitrogens with one attached hydrogen (secondary N) is 2. The number of benzene rings is 1. The highest BCUT2D eigenvalue weighted by Crippen LogP contribution is 2.21. The molecule has 0 saturated carbocycles. The molecule has 0 heterocycles. The van der Waals surface area contributed by atoms with Crippen molar-refractivity contribution in [2.45, 2.75) is 33.7 Å². The molecule has 2 N–H and O–H groups in total. The van der Waals surface area contributed by atoms with Gasteiger partial charge in [-0.3, -0.25) is 4.79 Å². The molecule has 0 radical (unpaired) electrons. The molecule has 0 aliphatic rings. The number of aryl methyl sites for hydroxylation is 1. The second kappa shape index (κ2) is 7.14. The topological polar surface area (TPSA) is 50.4 Å². The fourth-order valence-electron chi connectivity index (χ4n) is 1.88. The van der Waals surface area contributed by atoms with Gasteiger partial charge in [-0.25, -0.2) is 0 Å². The lowest BCUT2D eigenvalue weighted by Crippen LogP contribution is -2.30. The summed E-state index contributed by atoms with van der Waals surface area (Å²) in [5, 5.41) is 6.27. The molecular formula is C15H24N2O2. The minimum atomic E-state index is -0.0525. The van der Waals surface area contributed by atoms with Crippen LogP contribution in [-0.2, 0) is 9.53 Å². The van der Waals surface area contributed by atoms with Crippen molar-refractivity contribution >= 4 is 17.3 Å². The summed E-state index contributed by atoms with van der Waals surface area (Å²) in [4.78, 5) is 11.1. The summed E-state index contributed by atoms with van der Waals surface area (Å²) in [6.07, 6.45) is 0.